The van der Waals surface area contributed by atoms with Crippen LogP contribution in [-0.2, 0) is 0 Å². The molecule has 1 aliphatic rings. The highest BCUT2D eigenvalue weighted by atomic mass is 35.5. The molecule has 130 valence electrons. The van der Waals surface area contributed by atoms with Crippen LogP contribution in [0.1, 0.15) is 13.8 Å². The van der Waals surface area contributed by atoms with E-state index < -0.39 is 0 Å². The lowest BCUT2D eigenvalue weighted by Gasteiger charge is -2.37. The molecule has 3 aromatic heterocycles. The van der Waals surface area contributed by atoms with Crippen molar-refractivity contribution in [1.82, 2.24) is 19.9 Å². The van der Waals surface area contributed by atoms with Gasteiger partial charge in [-0.1, -0.05) is 11.6 Å². The number of fused-ring (bicyclic) bond motifs is 1. The van der Waals surface area contributed by atoms with Gasteiger partial charge in [0.05, 0.1) is 11.7 Å². The molecule has 5 nitrogen and oxygen atoms in total. The standard InChI is InChI=1S/C18H19ClFN5/c1-11-9-24(10-12(2)22-11)17-4-3-15(20)18(23-17)14-8-21-25-6-5-13(19)7-16(14)25/h3-8,11-12,22H,9-10H2,1-2H3/t11-,12+. The van der Waals surface area contributed by atoms with Gasteiger partial charge >= 0.3 is 0 Å². The predicted molar refractivity (Wildman–Crippen MR) is 97.7 cm³/mol. The fourth-order valence-corrected chi connectivity index (χ4v) is 3.61. The second-order valence-corrected chi connectivity index (χ2v) is 7.04. The number of anilines is 1. The second kappa shape index (κ2) is 6.28. The molecule has 4 heterocycles. The number of rotatable bonds is 2. The van der Waals surface area contributed by atoms with Crippen LogP contribution in [0.15, 0.2) is 36.7 Å². The second-order valence-electron chi connectivity index (χ2n) is 6.61. The molecular weight excluding hydrogens is 341 g/mol. The maximum Gasteiger partial charge on any atom is 0.149 e. The Morgan fingerprint density at radius 2 is 1.96 bits per heavy atom. The van der Waals surface area contributed by atoms with Gasteiger partial charge in [-0.3, -0.25) is 0 Å². The molecule has 1 N–H and O–H groups in total. The first-order chi connectivity index (χ1) is 12.0. The summed E-state index contributed by atoms with van der Waals surface area (Å²) in [5.41, 5.74) is 1.67. The van der Waals surface area contributed by atoms with Gasteiger partial charge in [0, 0.05) is 42.0 Å². The number of nitrogens with one attached hydrogen (secondary N) is 1. The van der Waals surface area contributed by atoms with Gasteiger partial charge in [-0.05, 0) is 38.1 Å². The third-order valence-electron chi connectivity index (χ3n) is 4.45. The summed E-state index contributed by atoms with van der Waals surface area (Å²) in [7, 11) is 0. The lowest BCUT2D eigenvalue weighted by molar-refractivity contribution is 0.405. The normalized spacial score (nSPS) is 21.0. The van der Waals surface area contributed by atoms with Crippen LogP contribution < -0.4 is 10.2 Å². The predicted octanol–water partition coefficient (Wildman–Crippen LogP) is 3.38. The molecule has 3 aromatic rings. The van der Waals surface area contributed by atoms with Crippen molar-refractivity contribution in [3.63, 3.8) is 0 Å². The van der Waals surface area contributed by atoms with Crippen molar-refractivity contribution >= 4 is 22.9 Å². The SMILES string of the molecule is C[C@@H]1CN(c2ccc(F)c(-c3cnn4ccc(Cl)cc34)n2)C[C@H](C)N1. The van der Waals surface area contributed by atoms with Crippen molar-refractivity contribution in [2.75, 3.05) is 18.0 Å². The average Bonchev–Trinajstić information content (AvgIpc) is 2.97. The van der Waals surface area contributed by atoms with Crippen molar-refractivity contribution in [1.29, 1.82) is 0 Å². The van der Waals surface area contributed by atoms with Crippen molar-refractivity contribution in [3.05, 3.63) is 47.5 Å². The molecule has 25 heavy (non-hydrogen) atoms. The maximum absolute atomic E-state index is 14.5. The topological polar surface area (TPSA) is 45.5 Å². The molecule has 0 spiro atoms. The minimum Gasteiger partial charge on any atom is -0.353 e. The van der Waals surface area contributed by atoms with Gasteiger partial charge in [-0.15, -0.1) is 0 Å². The largest absolute Gasteiger partial charge is 0.353 e. The van der Waals surface area contributed by atoms with Crippen LogP contribution in [-0.4, -0.2) is 39.8 Å². The van der Waals surface area contributed by atoms with E-state index in [2.05, 4.69) is 34.1 Å². The van der Waals surface area contributed by atoms with E-state index in [1.54, 1.807) is 35.1 Å². The Balaban J connectivity index is 1.78. The highest BCUT2D eigenvalue weighted by molar-refractivity contribution is 6.31. The summed E-state index contributed by atoms with van der Waals surface area (Å²) in [6, 6.07) is 7.44. The summed E-state index contributed by atoms with van der Waals surface area (Å²) >= 11 is 6.09. The third-order valence-corrected chi connectivity index (χ3v) is 4.69. The van der Waals surface area contributed by atoms with E-state index in [4.69, 9.17) is 11.6 Å². The Hall–Kier alpha value is -2.18. The monoisotopic (exact) mass is 359 g/mol. The lowest BCUT2D eigenvalue weighted by atomic mass is 10.1. The molecule has 0 aliphatic carbocycles. The van der Waals surface area contributed by atoms with Crippen molar-refractivity contribution < 1.29 is 4.39 Å². The quantitative estimate of drug-likeness (QED) is 0.762. The van der Waals surface area contributed by atoms with Crippen LogP contribution in [0.5, 0.6) is 0 Å². The van der Waals surface area contributed by atoms with E-state index in [0.717, 1.165) is 24.4 Å². The van der Waals surface area contributed by atoms with Gasteiger partial charge < -0.3 is 10.2 Å². The number of halogens is 2. The zero-order valence-electron chi connectivity index (χ0n) is 14.1. The van der Waals surface area contributed by atoms with Crippen molar-refractivity contribution in [2.45, 2.75) is 25.9 Å². The summed E-state index contributed by atoms with van der Waals surface area (Å²) in [6.07, 6.45) is 3.38. The Morgan fingerprint density at radius 3 is 2.72 bits per heavy atom. The van der Waals surface area contributed by atoms with Crippen LogP contribution in [0.25, 0.3) is 16.8 Å². The fourth-order valence-electron chi connectivity index (χ4n) is 3.45. The number of nitrogens with zero attached hydrogens (tertiary/aromatic N) is 4. The molecule has 0 bridgehead atoms. The molecule has 7 heteroatoms. The summed E-state index contributed by atoms with van der Waals surface area (Å²) in [4.78, 5) is 6.80. The number of hydrogen-bond acceptors (Lipinski definition) is 4. The summed E-state index contributed by atoms with van der Waals surface area (Å²) in [5, 5.41) is 8.34. The molecular formula is C18H19ClFN5. The number of aromatic nitrogens is 3. The van der Waals surface area contributed by atoms with Crippen LogP contribution in [0.3, 0.4) is 0 Å². The summed E-state index contributed by atoms with van der Waals surface area (Å²) in [6.45, 7) is 5.95. The Morgan fingerprint density at radius 1 is 1.20 bits per heavy atom. The van der Waals surface area contributed by atoms with E-state index in [1.807, 2.05) is 0 Å². The molecule has 0 aromatic carbocycles. The van der Waals surface area contributed by atoms with E-state index in [-0.39, 0.29) is 5.82 Å². The van der Waals surface area contributed by atoms with Gasteiger partial charge in [0.2, 0.25) is 0 Å². The first kappa shape index (κ1) is 16.3. The van der Waals surface area contributed by atoms with Crippen LogP contribution >= 0.6 is 11.6 Å². The van der Waals surface area contributed by atoms with E-state index in [1.165, 1.54) is 6.07 Å². The molecule has 1 fully saturated rings. The van der Waals surface area contributed by atoms with E-state index in [0.29, 0.717) is 28.4 Å². The Bertz CT molecular complexity index is 915. The number of hydrogen-bond donors (Lipinski definition) is 1. The van der Waals surface area contributed by atoms with Gasteiger partial charge in [0.15, 0.2) is 0 Å². The van der Waals surface area contributed by atoms with Crippen LogP contribution in [0, 0.1) is 5.82 Å². The fraction of sp³-hybridized carbons (Fsp3) is 0.333. The number of pyridine rings is 2. The summed E-state index contributed by atoms with van der Waals surface area (Å²) < 4.78 is 16.2. The minimum atomic E-state index is -0.366. The van der Waals surface area contributed by atoms with Gasteiger partial charge in [-0.2, -0.15) is 5.10 Å². The third kappa shape index (κ3) is 3.07. The maximum atomic E-state index is 14.5. The van der Waals surface area contributed by atoms with Gasteiger partial charge in [0.1, 0.15) is 17.3 Å². The molecule has 0 saturated carbocycles. The molecule has 4 rings (SSSR count). The molecule has 1 saturated heterocycles. The van der Waals surface area contributed by atoms with Crippen molar-refractivity contribution in [2.24, 2.45) is 0 Å². The molecule has 2 atom stereocenters. The first-order valence-corrected chi connectivity index (χ1v) is 8.70. The number of piperazine rings is 1. The average molecular weight is 360 g/mol. The Kier molecular flexibility index (Phi) is 4.09. The molecule has 1 aliphatic heterocycles. The molecule has 0 radical (unpaired) electrons. The highest BCUT2D eigenvalue weighted by Crippen LogP contribution is 2.29. The van der Waals surface area contributed by atoms with Gasteiger partial charge in [0.25, 0.3) is 0 Å². The van der Waals surface area contributed by atoms with E-state index >= 15 is 0 Å². The van der Waals surface area contributed by atoms with Crippen LogP contribution in [0.4, 0.5) is 10.2 Å². The minimum absolute atomic E-state index is 0.300. The summed E-state index contributed by atoms with van der Waals surface area (Å²) in [5.74, 6) is 0.410. The van der Waals surface area contributed by atoms with Crippen molar-refractivity contribution in [3.8, 4) is 11.3 Å². The van der Waals surface area contributed by atoms with Crippen LogP contribution in [0.2, 0.25) is 5.02 Å². The van der Waals surface area contributed by atoms with E-state index in [9.17, 15) is 4.39 Å². The van der Waals surface area contributed by atoms with Gasteiger partial charge in [-0.25, -0.2) is 13.9 Å². The zero-order valence-corrected chi connectivity index (χ0v) is 14.8. The lowest BCUT2D eigenvalue weighted by Crippen LogP contribution is -2.54. The molecule has 0 unspecified atom stereocenters. The Labute approximate surface area is 150 Å². The smallest absolute Gasteiger partial charge is 0.149 e. The molecule has 0 amide bonds. The zero-order chi connectivity index (χ0) is 17.6. The highest BCUT2D eigenvalue weighted by Gasteiger charge is 2.23. The first-order valence-electron chi connectivity index (χ1n) is 8.32.